The van der Waals surface area contributed by atoms with Crippen LogP contribution in [0.1, 0.15) is 31.2 Å². The third kappa shape index (κ3) is 5.02. The Morgan fingerprint density at radius 3 is 2.40 bits per heavy atom. The lowest BCUT2D eigenvalue weighted by Crippen LogP contribution is -2.50. The molecule has 1 aromatic heterocycles. The van der Waals surface area contributed by atoms with Gasteiger partial charge in [-0.25, -0.2) is 0 Å². The largest absolute Gasteiger partial charge is 0.357 e. The maximum atomic E-state index is 2.79. The van der Waals surface area contributed by atoms with Gasteiger partial charge in [-0.1, -0.05) is 151 Å². The summed E-state index contributed by atoms with van der Waals surface area (Å²) in [5.74, 6) is 1.24. The number of hydrogen-bond donors (Lipinski definition) is 0. The molecule has 2 heterocycles. The molecule has 5 aromatic rings. The number of allylic oxidation sites excluding steroid dienone is 15. The number of fused-ring (bicyclic) bond motifs is 11. The lowest BCUT2D eigenvalue weighted by molar-refractivity contribution is 0.264. The van der Waals surface area contributed by atoms with Gasteiger partial charge in [0.25, 0.3) is 0 Å². The molecule has 0 bridgehead atoms. The smallest absolute Gasteiger partial charge is 0.0585 e. The van der Waals surface area contributed by atoms with Crippen LogP contribution < -0.4 is 9.80 Å². The highest BCUT2D eigenvalue weighted by atomic mass is 32.1. The fourth-order valence-corrected chi connectivity index (χ4v) is 13.0. The molecule has 0 fully saturated rings. The SMILES string of the molecule is C1=CCC2C(=C1)N(c1ccccc1)c1ccccc1C21C2=C(CC(N(c3ccc4sc5ccccc5c4c3)C3C=CC=CC3C3=CCCC=C3)C=C2)C2C=CC=CC21. The summed E-state index contributed by atoms with van der Waals surface area (Å²) in [5.41, 5.74) is 11.1. The minimum atomic E-state index is -0.186. The van der Waals surface area contributed by atoms with Crippen LogP contribution in [-0.4, -0.2) is 12.1 Å². The van der Waals surface area contributed by atoms with Gasteiger partial charge >= 0.3 is 0 Å². The molecule has 7 aliphatic rings. The Kier molecular flexibility index (Phi) is 8.01. The van der Waals surface area contributed by atoms with Gasteiger partial charge in [0, 0.05) is 72.0 Å². The number of rotatable bonds is 5. The molecule has 0 saturated heterocycles. The van der Waals surface area contributed by atoms with Gasteiger partial charge in [0.05, 0.1) is 12.1 Å². The third-order valence-corrected chi connectivity index (χ3v) is 15.3. The standard InChI is InChI=1S/C55H46N2S/c1-3-17-37(18-4-1)41-21-8-13-27-50(41)56(40-32-34-54-45(36-40)43-23-9-16-30-53(43)58-54)39-31-33-47-44(35-39)42-22-7-10-24-46(42)55(47)48-25-11-14-28-51(48)57(38-19-5-2-6-20-38)52-29-15-12-26-49(52)55/h2-3,5-25,27-34,36,39,41-42,46,49-50H,1,4,26,35H2. The molecule has 1 aliphatic heterocycles. The van der Waals surface area contributed by atoms with Crippen molar-refractivity contribution in [2.45, 2.75) is 43.2 Å². The van der Waals surface area contributed by atoms with E-state index in [0.29, 0.717) is 17.8 Å². The van der Waals surface area contributed by atoms with Crippen LogP contribution in [0.4, 0.5) is 17.1 Å². The van der Waals surface area contributed by atoms with Crippen LogP contribution in [0.3, 0.4) is 0 Å². The van der Waals surface area contributed by atoms with Crippen LogP contribution in [-0.2, 0) is 5.41 Å². The monoisotopic (exact) mass is 766 g/mol. The number of thiophene rings is 1. The predicted octanol–water partition coefficient (Wildman–Crippen LogP) is 13.8. The number of benzene rings is 4. The van der Waals surface area contributed by atoms with E-state index in [4.69, 9.17) is 0 Å². The average Bonchev–Trinajstić information content (AvgIpc) is 3.81. The number of hydrogen-bond acceptors (Lipinski definition) is 3. The van der Waals surface area contributed by atoms with Gasteiger partial charge in [-0.15, -0.1) is 11.3 Å². The second-order valence-corrected chi connectivity index (χ2v) is 18.0. The summed E-state index contributed by atoms with van der Waals surface area (Å²) in [6, 6.07) is 37.0. The zero-order valence-electron chi connectivity index (χ0n) is 32.6. The maximum Gasteiger partial charge on any atom is 0.0585 e. The van der Waals surface area contributed by atoms with Crippen LogP contribution in [0.25, 0.3) is 20.2 Å². The Labute approximate surface area is 345 Å². The highest BCUT2D eigenvalue weighted by molar-refractivity contribution is 7.25. The molecular formula is C55H46N2S. The number of anilines is 3. The molecule has 0 amide bonds. The molecular weight excluding hydrogens is 721 g/mol. The number of nitrogens with zero attached hydrogens (tertiary/aromatic N) is 2. The van der Waals surface area contributed by atoms with E-state index in [1.54, 1.807) is 11.1 Å². The molecule has 12 rings (SSSR count). The second-order valence-electron chi connectivity index (χ2n) is 16.9. The zero-order chi connectivity index (χ0) is 38.2. The van der Waals surface area contributed by atoms with E-state index in [0.717, 1.165) is 25.7 Å². The van der Waals surface area contributed by atoms with Gasteiger partial charge in [-0.05, 0) is 90.9 Å². The first-order valence-electron chi connectivity index (χ1n) is 21.3. The highest BCUT2D eigenvalue weighted by Gasteiger charge is 2.61. The van der Waals surface area contributed by atoms with Crippen LogP contribution in [0.2, 0.25) is 0 Å². The van der Waals surface area contributed by atoms with Crippen molar-refractivity contribution in [3.05, 3.63) is 222 Å². The minimum absolute atomic E-state index is 0.180. The summed E-state index contributed by atoms with van der Waals surface area (Å²) in [5, 5.41) is 2.71. The summed E-state index contributed by atoms with van der Waals surface area (Å²) >= 11 is 1.91. The topological polar surface area (TPSA) is 6.48 Å². The summed E-state index contributed by atoms with van der Waals surface area (Å²) in [4.78, 5) is 5.35. The normalized spacial score (nSPS) is 28.8. The first-order valence-corrected chi connectivity index (χ1v) is 22.1. The molecule has 0 saturated carbocycles. The molecule has 6 aliphatic carbocycles. The number of para-hydroxylation sites is 2. The van der Waals surface area contributed by atoms with E-state index in [1.807, 2.05) is 11.3 Å². The van der Waals surface area contributed by atoms with E-state index in [2.05, 4.69) is 204 Å². The van der Waals surface area contributed by atoms with Gasteiger partial charge in [-0.3, -0.25) is 0 Å². The molecule has 282 valence electrons. The van der Waals surface area contributed by atoms with Crippen molar-refractivity contribution in [3.8, 4) is 0 Å². The Hall–Kier alpha value is -5.90. The minimum Gasteiger partial charge on any atom is -0.357 e. The van der Waals surface area contributed by atoms with E-state index in [1.165, 1.54) is 54.1 Å². The molecule has 0 radical (unpaired) electrons. The van der Waals surface area contributed by atoms with E-state index in [-0.39, 0.29) is 23.4 Å². The molecule has 7 unspecified atom stereocenters. The van der Waals surface area contributed by atoms with Crippen LogP contribution >= 0.6 is 11.3 Å². The van der Waals surface area contributed by atoms with Gasteiger partial charge in [0.15, 0.2) is 0 Å². The van der Waals surface area contributed by atoms with Gasteiger partial charge in [0.2, 0.25) is 0 Å². The molecule has 7 atom stereocenters. The summed E-state index contributed by atoms with van der Waals surface area (Å²) in [6.07, 6.45) is 43.1. The molecule has 0 N–H and O–H groups in total. The van der Waals surface area contributed by atoms with Crippen LogP contribution in [0.5, 0.6) is 0 Å². The van der Waals surface area contributed by atoms with Crippen molar-refractivity contribution in [1.29, 1.82) is 0 Å². The Bertz CT molecular complexity index is 2800. The van der Waals surface area contributed by atoms with Gasteiger partial charge < -0.3 is 9.80 Å². The molecule has 58 heavy (non-hydrogen) atoms. The maximum absolute atomic E-state index is 2.79. The lowest BCUT2D eigenvalue weighted by Gasteiger charge is -2.54. The highest BCUT2D eigenvalue weighted by Crippen LogP contribution is 2.67. The Morgan fingerprint density at radius 1 is 0.672 bits per heavy atom. The van der Waals surface area contributed by atoms with E-state index in [9.17, 15) is 0 Å². The first kappa shape index (κ1) is 34.2. The Balaban J connectivity index is 1.03. The molecule has 4 aromatic carbocycles. The van der Waals surface area contributed by atoms with Crippen molar-refractivity contribution in [2.24, 2.45) is 23.7 Å². The van der Waals surface area contributed by atoms with E-state index >= 15 is 0 Å². The van der Waals surface area contributed by atoms with Crippen molar-refractivity contribution in [2.75, 3.05) is 9.80 Å². The molecule has 1 spiro atoms. The van der Waals surface area contributed by atoms with Crippen molar-refractivity contribution in [1.82, 2.24) is 0 Å². The second kappa shape index (κ2) is 13.6. The summed E-state index contributed by atoms with van der Waals surface area (Å²) in [7, 11) is 0. The van der Waals surface area contributed by atoms with Crippen molar-refractivity contribution >= 4 is 48.6 Å². The average molecular weight is 767 g/mol. The Morgan fingerprint density at radius 2 is 1.48 bits per heavy atom. The summed E-state index contributed by atoms with van der Waals surface area (Å²) < 4.78 is 2.71. The van der Waals surface area contributed by atoms with Gasteiger partial charge in [-0.2, -0.15) is 0 Å². The van der Waals surface area contributed by atoms with Crippen molar-refractivity contribution in [3.63, 3.8) is 0 Å². The van der Waals surface area contributed by atoms with Crippen LogP contribution in [0, 0.1) is 23.7 Å². The lowest BCUT2D eigenvalue weighted by atomic mass is 9.54. The quantitative estimate of drug-likeness (QED) is 0.176. The van der Waals surface area contributed by atoms with Gasteiger partial charge in [0.1, 0.15) is 0 Å². The summed E-state index contributed by atoms with van der Waals surface area (Å²) in [6.45, 7) is 0. The van der Waals surface area contributed by atoms with Crippen molar-refractivity contribution < 1.29 is 0 Å². The third-order valence-electron chi connectivity index (χ3n) is 14.2. The predicted molar refractivity (Wildman–Crippen MR) is 246 cm³/mol. The van der Waals surface area contributed by atoms with E-state index < -0.39 is 0 Å². The molecule has 3 heteroatoms. The van der Waals surface area contributed by atoms with Crippen LogP contribution in [0.15, 0.2) is 217 Å². The fraction of sp³-hybridized carbons (Fsp3) is 0.200. The zero-order valence-corrected chi connectivity index (χ0v) is 33.4. The molecule has 2 nitrogen and oxygen atoms in total. The fourth-order valence-electron chi connectivity index (χ4n) is 11.9. The first-order chi connectivity index (χ1) is 28.8.